The number of thiazole rings is 1. The molecule has 0 saturated carbocycles. The minimum Gasteiger partial charge on any atom is -0.481 e. The van der Waals surface area contributed by atoms with Crippen LogP contribution in [0, 0.1) is 11.7 Å². The van der Waals surface area contributed by atoms with Crippen LogP contribution >= 0.6 is 11.3 Å². The fourth-order valence-electron chi connectivity index (χ4n) is 2.24. The molecule has 0 spiro atoms. The molecule has 0 fully saturated rings. The quantitative estimate of drug-likeness (QED) is 0.829. The summed E-state index contributed by atoms with van der Waals surface area (Å²) in [4.78, 5) is 29.4. The molecule has 0 aliphatic rings. The van der Waals surface area contributed by atoms with Crippen molar-refractivity contribution in [3.05, 3.63) is 41.2 Å². The summed E-state index contributed by atoms with van der Waals surface area (Å²) in [6, 6.07) is 6.25. The van der Waals surface area contributed by atoms with Crippen LogP contribution in [0.15, 0.2) is 30.5 Å². The second-order valence-corrected chi connectivity index (χ2v) is 6.83. The van der Waals surface area contributed by atoms with Gasteiger partial charge in [0.2, 0.25) is 0 Å². The first-order valence-electron chi connectivity index (χ1n) is 7.60. The summed E-state index contributed by atoms with van der Waals surface area (Å²) in [5.74, 6) is -1.41. The topological polar surface area (TPSA) is 70.5 Å². The molecule has 0 radical (unpaired) electrons. The Balaban J connectivity index is 2.21. The molecule has 1 amide bonds. The van der Waals surface area contributed by atoms with E-state index in [4.69, 9.17) is 5.11 Å². The summed E-state index contributed by atoms with van der Waals surface area (Å²) in [5.41, 5.74) is 0.350. The number of hydrogen-bond acceptors (Lipinski definition) is 4. The summed E-state index contributed by atoms with van der Waals surface area (Å²) in [6.07, 6.45) is 1.31. The lowest BCUT2D eigenvalue weighted by molar-refractivity contribution is -0.137. The van der Waals surface area contributed by atoms with Crippen LogP contribution in [-0.2, 0) is 4.79 Å². The number of carboxylic acid groups (broad SMARTS) is 1. The molecule has 1 aromatic heterocycles. The van der Waals surface area contributed by atoms with Gasteiger partial charge in [-0.05, 0) is 18.1 Å². The van der Waals surface area contributed by atoms with Crippen molar-refractivity contribution in [3.63, 3.8) is 0 Å². The van der Waals surface area contributed by atoms with Crippen molar-refractivity contribution in [1.29, 1.82) is 0 Å². The fraction of sp³-hybridized carbons (Fsp3) is 0.353. The number of amides is 1. The normalized spacial score (nSPS) is 10.8. The molecule has 5 nitrogen and oxygen atoms in total. The van der Waals surface area contributed by atoms with Crippen LogP contribution < -0.4 is 0 Å². The van der Waals surface area contributed by atoms with E-state index in [0.717, 1.165) is 11.3 Å². The molecular weight excluding hydrogens is 331 g/mol. The molecule has 128 valence electrons. The lowest BCUT2D eigenvalue weighted by Gasteiger charge is -2.23. The molecule has 24 heavy (non-hydrogen) atoms. The molecule has 0 bridgehead atoms. The van der Waals surface area contributed by atoms with Gasteiger partial charge >= 0.3 is 5.97 Å². The zero-order valence-electron chi connectivity index (χ0n) is 13.5. The predicted molar refractivity (Wildman–Crippen MR) is 90.5 cm³/mol. The maximum absolute atomic E-state index is 13.8. The predicted octanol–water partition coefficient (Wildman–Crippen LogP) is 3.52. The maximum atomic E-state index is 13.8. The summed E-state index contributed by atoms with van der Waals surface area (Å²) in [7, 11) is 0. The van der Waals surface area contributed by atoms with Crippen LogP contribution in [-0.4, -0.2) is 40.0 Å². The Morgan fingerprint density at radius 3 is 2.67 bits per heavy atom. The highest BCUT2D eigenvalue weighted by atomic mass is 32.1. The van der Waals surface area contributed by atoms with Crippen LogP contribution in [0.3, 0.4) is 0 Å². The Kier molecular flexibility index (Phi) is 6.03. The minimum absolute atomic E-state index is 0.114. The third-order valence-electron chi connectivity index (χ3n) is 3.29. The fourth-order valence-corrected chi connectivity index (χ4v) is 3.15. The van der Waals surface area contributed by atoms with Gasteiger partial charge in [-0.15, -0.1) is 11.3 Å². The average Bonchev–Trinajstić information content (AvgIpc) is 3.00. The van der Waals surface area contributed by atoms with Crippen molar-refractivity contribution < 1.29 is 19.1 Å². The monoisotopic (exact) mass is 350 g/mol. The highest BCUT2D eigenvalue weighted by Gasteiger charge is 2.21. The largest absolute Gasteiger partial charge is 0.481 e. The van der Waals surface area contributed by atoms with E-state index in [1.807, 2.05) is 13.8 Å². The van der Waals surface area contributed by atoms with Gasteiger partial charge < -0.3 is 10.0 Å². The molecule has 0 aliphatic carbocycles. The molecule has 0 saturated heterocycles. The number of benzene rings is 1. The first-order chi connectivity index (χ1) is 11.4. The van der Waals surface area contributed by atoms with Crippen molar-refractivity contribution >= 4 is 23.2 Å². The number of aliphatic carboxylic acids is 1. The van der Waals surface area contributed by atoms with Crippen molar-refractivity contribution in [3.8, 4) is 10.6 Å². The first-order valence-corrected chi connectivity index (χ1v) is 8.42. The SMILES string of the molecule is CC(C)CN(CCC(=O)O)C(=O)c1cnc(-c2ccccc2F)s1. The number of hydrogen-bond donors (Lipinski definition) is 1. The first kappa shape index (κ1) is 18.1. The molecule has 1 aromatic carbocycles. The third kappa shape index (κ3) is 4.61. The van der Waals surface area contributed by atoms with E-state index < -0.39 is 11.8 Å². The Bertz CT molecular complexity index is 730. The molecule has 7 heteroatoms. The number of halogens is 1. The highest BCUT2D eigenvalue weighted by molar-refractivity contribution is 7.16. The van der Waals surface area contributed by atoms with Crippen molar-refractivity contribution in [1.82, 2.24) is 9.88 Å². The molecule has 0 unspecified atom stereocenters. The van der Waals surface area contributed by atoms with E-state index in [2.05, 4.69) is 4.98 Å². The number of carboxylic acids is 1. The van der Waals surface area contributed by atoms with Crippen molar-refractivity contribution in [2.75, 3.05) is 13.1 Å². The Hall–Kier alpha value is -2.28. The van der Waals surface area contributed by atoms with E-state index in [-0.39, 0.29) is 24.8 Å². The Morgan fingerprint density at radius 2 is 2.04 bits per heavy atom. The number of aromatic nitrogens is 1. The molecule has 2 aromatic rings. The maximum Gasteiger partial charge on any atom is 0.305 e. The van der Waals surface area contributed by atoms with Gasteiger partial charge in [0, 0.05) is 18.7 Å². The van der Waals surface area contributed by atoms with Gasteiger partial charge in [-0.3, -0.25) is 9.59 Å². The summed E-state index contributed by atoms with van der Waals surface area (Å²) < 4.78 is 13.8. The van der Waals surface area contributed by atoms with Gasteiger partial charge in [-0.2, -0.15) is 0 Å². The van der Waals surface area contributed by atoms with Gasteiger partial charge in [0.15, 0.2) is 0 Å². The van der Waals surface area contributed by atoms with Crippen molar-refractivity contribution in [2.24, 2.45) is 5.92 Å². The van der Waals surface area contributed by atoms with Gasteiger partial charge in [-0.1, -0.05) is 26.0 Å². The summed E-state index contributed by atoms with van der Waals surface area (Å²) in [5, 5.41) is 9.27. The molecule has 1 N–H and O–H groups in total. The van der Waals surface area contributed by atoms with Crippen LogP contribution in [0.4, 0.5) is 4.39 Å². The van der Waals surface area contributed by atoms with Gasteiger partial charge in [0.25, 0.3) is 5.91 Å². The lowest BCUT2D eigenvalue weighted by Crippen LogP contribution is -2.35. The molecule has 0 aliphatic heterocycles. The molecular formula is C17H19FN2O3S. The minimum atomic E-state index is -0.951. The third-order valence-corrected chi connectivity index (χ3v) is 4.31. The van der Waals surface area contributed by atoms with E-state index >= 15 is 0 Å². The average molecular weight is 350 g/mol. The second kappa shape index (κ2) is 8.01. The summed E-state index contributed by atoms with van der Waals surface area (Å²) in [6.45, 7) is 4.51. The van der Waals surface area contributed by atoms with Crippen LogP contribution in [0.5, 0.6) is 0 Å². The zero-order valence-corrected chi connectivity index (χ0v) is 14.3. The Morgan fingerprint density at radius 1 is 1.33 bits per heavy atom. The Labute approximate surface area is 143 Å². The number of nitrogens with zero attached hydrogens (tertiary/aromatic N) is 2. The lowest BCUT2D eigenvalue weighted by atomic mass is 10.2. The van der Waals surface area contributed by atoms with E-state index in [0.29, 0.717) is 22.0 Å². The number of carbonyl (C=O) groups excluding carboxylic acids is 1. The van der Waals surface area contributed by atoms with Crippen LogP contribution in [0.1, 0.15) is 29.9 Å². The molecule has 2 rings (SSSR count). The highest BCUT2D eigenvalue weighted by Crippen LogP contribution is 2.28. The standard InChI is InChI=1S/C17H19FN2O3S/c1-11(2)10-20(8-7-15(21)22)17(23)14-9-19-16(24-14)12-5-3-4-6-13(12)18/h3-6,9,11H,7-8,10H2,1-2H3,(H,21,22). The number of carbonyl (C=O) groups is 2. The zero-order chi connectivity index (χ0) is 17.7. The summed E-state index contributed by atoms with van der Waals surface area (Å²) >= 11 is 1.11. The van der Waals surface area contributed by atoms with Crippen LogP contribution in [0.25, 0.3) is 10.6 Å². The van der Waals surface area contributed by atoms with Crippen LogP contribution in [0.2, 0.25) is 0 Å². The van der Waals surface area contributed by atoms with Crippen molar-refractivity contribution in [2.45, 2.75) is 20.3 Å². The molecule has 0 atom stereocenters. The van der Waals surface area contributed by atoms with Gasteiger partial charge in [0.1, 0.15) is 15.7 Å². The second-order valence-electron chi connectivity index (χ2n) is 5.80. The molecule has 1 heterocycles. The van der Waals surface area contributed by atoms with E-state index in [9.17, 15) is 14.0 Å². The number of rotatable bonds is 7. The smallest absolute Gasteiger partial charge is 0.305 e. The van der Waals surface area contributed by atoms with E-state index in [1.165, 1.54) is 17.2 Å². The van der Waals surface area contributed by atoms with Gasteiger partial charge in [-0.25, -0.2) is 9.37 Å². The van der Waals surface area contributed by atoms with E-state index in [1.54, 1.807) is 18.2 Å². The van der Waals surface area contributed by atoms with Gasteiger partial charge in [0.05, 0.1) is 12.6 Å².